The molecule has 0 aliphatic carbocycles. The van der Waals surface area contributed by atoms with Crippen molar-refractivity contribution in [2.24, 2.45) is 0 Å². The maximum Gasteiger partial charge on any atom is 0.116 e. The van der Waals surface area contributed by atoms with Crippen molar-refractivity contribution in [2.75, 3.05) is 11.5 Å². The lowest BCUT2D eigenvalue weighted by Gasteiger charge is -2.20. The number of fused-ring (bicyclic) bond motifs is 1. The second-order valence-electron chi connectivity index (χ2n) is 4.15. The molecule has 0 aromatic carbocycles. The van der Waals surface area contributed by atoms with Crippen molar-refractivity contribution in [3.05, 3.63) is 35.4 Å². The van der Waals surface area contributed by atoms with Gasteiger partial charge in [0.05, 0.1) is 16.7 Å². The van der Waals surface area contributed by atoms with Crippen LogP contribution in [-0.2, 0) is 0 Å². The van der Waals surface area contributed by atoms with E-state index in [0.717, 1.165) is 10.5 Å². The third-order valence-corrected chi connectivity index (χ3v) is 4.38. The molecule has 0 radical (unpaired) electrons. The van der Waals surface area contributed by atoms with Crippen LogP contribution < -0.4 is 0 Å². The molecule has 84 valence electrons. The van der Waals surface area contributed by atoms with E-state index < -0.39 is 0 Å². The molecule has 1 fully saturated rings. The monoisotopic (exact) mass is 252 g/mol. The normalized spacial score (nSPS) is 18.1. The predicted molar refractivity (Wildman–Crippen MR) is 69.5 cm³/mol. The molecule has 16 heavy (non-hydrogen) atoms. The summed E-state index contributed by atoms with van der Waals surface area (Å²) in [4.78, 5) is 4.56. The smallest absolute Gasteiger partial charge is 0.116 e. The second kappa shape index (κ2) is 4.30. The van der Waals surface area contributed by atoms with Crippen molar-refractivity contribution in [2.45, 2.75) is 18.8 Å². The van der Waals surface area contributed by atoms with E-state index in [-0.39, 0.29) is 0 Å². The molecule has 2 aromatic heterocycles. The number of rotatable bonds is 1. The fraction of sp³-hybridized carbons (Fsp3) is 0.417. The predicted octanol–water partition coefficient (Wildman–Crippen LogP) is 3.60. The molecule has 0 atom stereocenters. The van der Waals surface area contributed by atoms with Gasteiger partial charge in [-0.15, -0.1) is 0 Å². The second-order valence-corrected chi connectivity index (χ2v) is 5.81. The highest BCUT2D eigenvalue weighted by atomic mass is 35.5. The molecule has 0 spiro atoms. The Hall–Kier alpha value is -0.670. The summed E-state index contributed by atoms with van der Waals surface area (Å²) in [6.07, 6.45) is 6.38. The Morgan fingerprint density at radius 1 is 1.31 bits per heavy atom. The number of hydrogen-bond donors (Lipinski definition) is 0. The van der Waals surface area contributed by atoms with Crippen molar-refractivity contribution in [1.82, 2.24) is 9.38 Å². The highest BCUT2D eigenvalue weighted by Crippen LogP contribution is 2.31. The fourth-order valence-electron chi connectivity index (χ4n) is 2.24. The van der Waals surface area contributed by atoms with Crippen molar-refractivity contribution in [3.8, 4) is 0 Å². The van der Waals surface area contributed by atoms with Gasteiger partial charge in [-0.25, -0.2) is 4.98 Å². The summed E-state index contributed by atoms with van der Waals surface area (Å²) in [5, 5.41) is 0.775. The van der Waals surface area contributed by atoms with Crippen LogP contribution in [0.4, 0.5) is 0 Å². The number of thioether (sulfide) groups is 1. The van der Waals surface area contributed by atoms with Gasteiger partial charge in [-0.3, -0.25) is 0 Å². The van der Waals surface area contributed by atoms with Crippen LogP contribution in [0.3, 0.4) is 0 Å². The van der Waals surface area contributed by atoms with Crippen LogP contribution in [0.2, 0.25) is 5.02 Å². The zero-order valence-electron chi connectivity index (χ0n) is 8.90. The van der Waals surface area contributed by atoms with E-state index in [1.165, 1.54) is 30.2 Å². The minimum atomic E-state index is 0.599. The van der Waals surface area contributed by atoms with Crippen LogP contribution in [0.5, 0.6) is 0 Å². The summed E-state index contributed by atoms with van der Waals surface area (Å²) in [6, 6.07) is 3.94. The Balaban J connectivity index is 2.05. The first kappa shape index (κ1) is 10.5. The van der Waals surface area contributed by atoms with Gasteiger partial charge in [0.1, 0.15) is 5.82 Å². The van der Waals surface area contributed by atoms with Crippen molar-refractivity contribution in [3.63, 3.8) is 0 Å². The van der Waals surface area contributed by atoms with Gasteiger partial charge in [0.25, 0.3) is 0 Å². The van der Waals surface area contributed by atoms with E-state index in [2.05, 4.69) is 9.38 Å². The van der Waals surface area contributed by atoms with E-state index in [9.17, 15) is 0 Å². The quantitative estimate of drug-likeness (QED) is 0.772. The molecule has 2 aromatic rings. The number of hydrogen-bond acceptors (Lipinski definition) is 2. The maximum atomic E-state index is 6.03. The Bertz CT molecular complexity index is 503. The molecule has 2 nitrogen and oxygen atoms in total. The average Bonchev–Trinajstić information content (AvgIpc) is 2.73. The van der Waals surface area contributed by atoms with Gasteiger partial charge >= 0.3 is 0 Å². The molecule has 3 heterocycles. The van der Waals surface area contributed by atoms with Crippen LogP contribution >= 0.6 is 23.4 Å². The lowest BCUT2D eigenvalue weighted by molar-refractivity contribution is 0.596. The molecule has 0 N–H and O–H groups in total. The molecule has 4 heteroatoms. The lowest BCUT2D eigenvalue weighted by atomic mass is 10.0. The van der Waals surface area contributed by atoms with Crippen LogP contribution in [0.15, 0.2) is 24.5 Å². The van der Waals surface area contributed by atoms with Crippen LogP contribution in [0, 0.1) is 0 Å². The zero-order valence-corrected chi connectivity index (χ0v) is 10.5. The van der Waals surface area contributed by atoms with Gasteiger partial charge < -0.3 is 4.40 Å². The average molecular weight is 253 g/mol. The standard InChI is InChI=1S/C12H13ClN2S/c13-10-1-2-11-7-14-12(15(11)8-10)9-3-5-16-6-4-9/h1-2,7-9H,3-6H2. The number of imidazole rings is 1. The highest BCUT2D eigenvalue weighted by molar-refractivity contribution is 7.99. The summed E-state index contributed by atoms with van der Waals surface area (Å²) < 4.78 is 2.14. The minimum Gasteiger partial charge on any atom is -0.302 e. The number of halogens is 1. The number of pyridine rings is 1. The summed E-state index contributed by atoms with van der Waals surface area (Å²) in [6.45, 7) is 0. The van der Waals surface area contributed by atoms with Crippen LogP contribution in [-0.4, -0.2) is 20.9 Å². The number of nitrogens with zero attached hydrogens (tertiary/aromatic N) is 2. The molecule has 1 saturated heterocycles. The van der Waals surface area contributed by atoms with Gasteiger partial charge in [0.15, 0.2) is 0 Å². The minimum absolute atomic E-state index is 0.599. The molecule has 0 bridgehead atoms. The molecule has 0 saturated carbocycles. The zero-order chi connectivity index (χ0) is 11.0. The first-order chi connectivity index (χ1) is 7.84. The van der Waals surface area contributed by atoms with E-state index in [1.54, 1.807) is 0 Å². The summed E-state index contributed by atoms with van der Waals surface area (Å²) in [7, 11) is 0. The third-order valence-electron chi connectivity index (χ3n) is 3.11. The Morgan fingerprint density at radius 3 is 2.94 bits per heavy atom. The molecular weight excluding hydrogens is 240 g/mol. The Labute approximate surface area is 104 Å². The van der Waals surface area contributed by atoms with Gasteiger partial charge in [-0.05, 0) is 36.5 Å². The molecule has 1 aliphatic heterocycles. The maximum absolute atomic E-state index is 6.03. The van der Waals surface area contributed by atoms with E-state index in [0.29, 0.717) is 5.92 Å². The number of aromatic nitrogens is 2. The summed E-state index contributed by atoms with van der Waals surface area (Å²) in [5.74, 6) is 4.28. The first-order valence-electron chi connectivity index (χ1n) is 5.55. The van der Waals surface area contributed by atoms with Crippen molar-refractivity contribution in [1.29, 1.82) is 0 Å². The van der Waals surface area contributed by atoms with E-state index >= 15 is 0 Å². The lowest BCUT2D eigenvalue weighted by Crippen LogP contribution is -2.11. The van der Waals surface area contributed by atoms with E-state index in [1.807, 2.05) is 36.3 Å². The molecule has 3 rings (SSSR count). The van der Waals surface area contributed by atoms with Gasteiger partial charge in [-0.1, -0.05) is 11.6 Å². The van der Waals surface area contributed by atoms with Crippen molar-refractivity contribution >= 4 is 28.9 Å². The molecule has 1 aliphatic rings. The SMILES string of the molecule is Clc1ccc2cnc(C3CCSCC3)n2c1. The third kappa shape index (κ3) is 1.82. The summed E-state index contributed by atoms with van der Waals surface area (Å²) >= 11 is 8.08. The van der Waals surface area contributed by atoms with Gasteiger partial charge in [-0.2, -0.15) is 11.8 Å². The molecule has 0 amide bonds. The van der Waals surface area contributed by atoms with Gasteiger partial charge in [0.2, 0.25) is 0 Å². The largest absolute Gasteiger partial charge is 0.302 e. The summed E-state index contributed by atoms with van der Waals surface area (Å²) in [5.41, 5.74) is 1.14. The highest BCUT2D eigenvalue weighted by Gasteiger charge is 2.19. The van der Waals surface area contributed by atoms with Crippen molar-refractivity contribution < 1.29 is 0 Å². The van der Waals surface area contributed by atoms with Gasteiger partial charge in [0, 0.05) is 12.1 Å². The topological polar surface area (TPSA) is 17.3 Å². The Morgan fingerprint density at radius 2 is 2.12 bits per heavy atom. The van der Waals surface area contributed by atoms with E-state index in [4.69, 9.17) is 11.6 Å². The fourth-order valence-corrected chi connectivity index (χ4v) is 3.51. The first-order valence-corrected chi connectivity index (χ1v) is 7.08. The molecule has 0 unspecified atom stereocenters. The Kier molecular flexibility index (Phi) is 2.82. The molecular formula is C12H13ClN2S. The van der Waals surface area contributed by atoms with Crippen LogP contribution in [0.1, 0.15) is 24.6 Å². The van der Waals surface area contributed by atoms with Crippen LogP contribution in [0.25, 0.3) is 5.52 Å².